The fourth-order valence-electron chi connectivity index (χ4n) is 1.38. The second-order valence-electron chi connectivity index (χ2n) is 2.55. The number of morpholine rings is 1. The van der Waals surface area contributed by atoms with Gasteiger partial charge in [-0.1, -0.05) is 0 Å². The summed E-state index contributed by atoms with van der Waals surface area (Å²) in [5.74, 6) is 0. The quantitative estimate of drug-likeness (QED) is 0.511. The number of hydrogen-bond donors (Lipinski definition) is 1. The molecule has 0 aromatic carbocycles. The Morgan fingerprint density at radius 2 is 2.22 bits per heavy atom. The van der Waals surface area contributed by atoms with Crippen LogP contribution in [0.5, 0.6) is 0 Å². The molecule has 2 aliphatic rings. The lowest BCUT2D eigenvalue weighted by Gasteiger charge is -2.43. The van der Waals surface area contributed by atoms with E-state index >= 15 is 0 Å². The van der Waals surface area contributed by atoms with Gasteiger partial charge >= 0.3 is 0 Å². The van der Waals surface area contributed by atoms with E-state index in [0.717, 1.165) is 19.3 Å². The van der Waals surface area contributed by atoms with Crippen LogP contribution in [0, 0.1) is 0 Å². The third kappa shape index (κ3) is 1.08. The lowest BCUT2D eigenvalue weighted by molar-refractivity contribution is -0.0569. The normalized spacial score (nSPS) is 34.0. The number of hydrogen-bond acceptors (Lipinski definition) is 3. The van der Waals surface area contributed by atoms with Gasteiger partial charge < -0.3 is 10.9 Å². The van der Waals surface area contributed by atoms with Gasteiger partial charge in [-0.25, -0.2) is 0 Å². The third-order valence-corrected chi connectivity index (χ3v) is 2.10. The fraction of sp³-hybridized carbons (Fsp3) is 1.00. The maximum atomic E-state index is 5.26. The summed E-state index contributed by atoms with van der Waals surface area (Å²) in [4.78, 5) is 2.49. The minimum Gasteiger partial charge on any atom is -0.378 e. The first-order chi connectivity index (χ1) is 3.97. The van der Waals surface area contributed by atoms with Crippen LogP contribution >= 0.6 is 0 Å². The van der Waals surface area contributed by atoms with Crippen molar-refractivity contribution in [2.24, 2.45) is 0 Å². The average molecular weight is 130 g/mol. The average Bonchev–Trinajstić information content (AvgIpc) is 1.72. The van der Waals surface area contributed by atoms with E-state index in [0.29, 0.717) is 0 Å². The predicted molar refractivity (Wildman–Crippen MR) is 35.8 cm³/mol. The summed E-state index contributed by atoms with van der Waals surface area (Å²) in [6.45, 7) is 4.43. The van der Waals surface area contributed by atoms with Gasteiger partial charge in [0.2, 0.25) is 0 Å². The molecule has 0 radical (unpaired) electrons. The molecule has 2 saturated heterocycles. The number of rotatable bonds is 0. The van der Waals surface area contributed by atoms with E-state index in [1.807, 2.05) is 0 Å². The topological polar surface area (TPSA) is 47.5 Å². The van der Waals surface area contributed by atoms with Gasteiger partial charge in [-0.3, -0.25) is 4.90 Å². The molecule has 3 nitrogen and oxygen atoms in total. The molecule has 3 heteroatoms. The highest BCUT2D eigenvalue weighted by Gasteiger charge is 2.29. The molecule has 3 N–H and O–H groups in total. The molecule has 2 fully saturated rings. The molecular weight excluding hydrogens is 116 g/mol. The van der Waals surface area contributed by atoms with Crippen LogP contribution in [0.4, 0.5) is 0 Å². The highest BCUT2D eigenvalue weighted by atomic mass is 16.5. The van der Waals surface area contributed by atoms with Gasteiger partial charge in [0.05, 0.1) is 13.2 Å². The van der Waals surface area contributed by atoms with E-state index in [2.05, 4.69) is 4.90 Å². The second kappa shape index (κ2) is 2.64. The van der Waals surface area contributed by atoms with E-state index in [1.54, 1.807) is 0 Å². The zero-order valence-corrected chi connectivity index (χ0v) is 5.68. The maximum absolute atomic E-state index is 5.26. The first-order valence-corrected chi connectivity index (χ1v) is 3.28. The van der Waals surface area contributed by atoms with E-state index in [9.17, 15) is 0 Å². The number of ether oxygens (including phenoxy) is 1. The summed E-state index contributed by atoms with van der Waals surface area (Å²) < 4.78 is 5.26. The highest BCUT2D eigenvalue weighted by molar-refractivity contribution is 4.84. The molecule has 0 amide bonds. The standard InChI is InChI=1S/C6H11NO.H3N/c1-2-7-3-4-8-5-6(1)7;/h6H,1-5H2;1H3. The molecule has 2 aliphatic heterocycles. The minimum atomic E-state index is 0. The summed E-state index contributed by atoms with van der Waals surface area (Å²) in [5, 5.41) is 0. The van der Waals surface area contributed by atoms with Gasteiger partial charge in [0.15, 0.2) is 0 Å². The van der Waals surface area contributed by atoms with Crippen molar-refractivity contribution in [3.05, 3.63) is 0 Å². The maximum Gasteiger partial charge on any atom is 0.0622 e. The summed E-state index contributed by atoms with van der Waals surface area (Å²) in [7, 11) is 0. The molecule has 0 saturated carbocycles. The Balaban J connectivity index is 0.000000405. The van der Waals surface area contributed by atoms with Crippen LogP contribution in [0.15, 0.2) is 0 Å². The van der Waals surface area contributed by atoms with Crippen LogP contribution in [-0.4, -0.2) is 37.2 Å². The summed E-state index contributed by atoms with van der Waals surface area (Å²) in [5.41, 5.74) is 0. The predicted octanol–water partition coefficient (Wildman–Crippen LogP) is 0.253. The monoisotopic (exact) mass is 130 g/mol. The van der Waals surface area contributed by atoms with E-state index in [1.165, 1.54) is 19.5 Å². The van der Waals surface area contributed by atoms with Gasteiger partial charge in [0, 0.05) is 19.1 Å². The molecule has 1 atom stereocenters. The van der Waals surface area contributed by atoms with Crippen molar-refractivity contribution in [3.63, 3.8) is 0 Å². The minimum absolute atomic E-state index is 0. The molecular formula is C6H14N2O. The molecule has 9 heavy (non-hydrogen) atoms. The molecule has 0 aromatic rings. The largest absolute Gasteiger partial charge is 0.378 e. The Morgan fingerprint density at radius 1 is 1.33 bits per heavy atom. The molecule has 54 valence electrons. The Morgan fingerprint density at radius 3 is 2.56 bits per heavy atom. The van der Waals surface area contributed by atoms with E-state index in [-0.39, 0.29) is 6.15 Å². The molecule has 1 unspecified atom stereocenters. The van der Waals surface area contributed by atoms with Crippen LogP contribution in [0.1, 0.15) is 6.42 Å². The van der Waals surface area contributed by atoms with Crippen molar-refractivity contribution in [1.29, 1.82) is 0 Å². The molecule has 2 rings (SSSR count). The van der Waals surface area contributed by atoms with Crippen molar-refractivity contribution in [2.75, 3.05) is 26.3 Å². The Kier molecular flexibility index (Phi) is 2.05. The zero-order chi connectivity index (χ0) is 5.40. The lowest BCUT2D eigenvalue weighted by atomic mass is 10.0. The molecule has 0 spiro atoms. The number of nitrogens with zero attached hydrogens (tertiary/aromatic N) is 1. The zero-order valence-electron chi connectivity index (χ0n) is 5.68. The first-order valence-electron chi connectivity index (χ1n) is 3.28. The Bertz CT molecular complexity index is 85.1. The van der Waals surface area contributed by atoms with E-state index < -0.39 is 0 Å². The molecule has 0 aliphatic carbocycles. The van der Waals surface area contributed by atoms with Crippen LogP contribution < -0.4 is 6.15 Å². The van der Waals surface area contributed by atoms with Crippen LogP contribution in [0.2, 0.25) is 0 Å². The van der Waals surface area contributed by atoms with Crippen molar-refractivity contribution in [1.82, 2.24) is 11.1 Å². The van der Waals surface area contributed by atoms with Crippen LogP contribution in [0.25, 0.3) is 0 Å². The Labute approximate surface area is 55.6 Å². The first kappa shape index (κ1) is 6.99. The van der Waals surface area contributed by atoms with E-state index in [4.69, 9.17) is 4.74 Å². The summed E-state index contributed by atoms with van der Waals surface area (Å²) in [6, 6.07) is 0.795. The lowest BCUT2D eigenvalue weighted by Crippen LogP contribution is -2.54. The van der Waals surface area contributed by atoms with Gasteiger partial charge in [0.25, 0.3) is 0 Å². The van der Waals surface area contributed by atoms with Gasteiger partial charge in [0.1, 0.15) is 0 Å². The van der Waals surface area contributed by atoms with Gasteiger partial charge in [-0.05, 0) is 6.42 Å². The summed E-state index contributed by atoms with van der Waals surface area (Å²) in [6.07, 6.45) is 1.36. The summed E-state index contributed by atoms with van der Waals surface area (Å²) >= 11 is 0. The van der Waals surface area contributed by atoms with Gasteiger partial charge in [-0.15, -0.1) is 0 Å². The second-order valence-corrected chi connectivity index (χ2v) is 2.55. The highest BCUT2D eigenvalue weighted by Crippen LogP contribution is 2.19. The fourth-order valence-corrected chi connectivity index (χ4v) is 1.38. The van der Waals surface area contributed by atoms with Crippen LogP contribution in [-0.2, 0) is 4.74 Å². The smallest absolute Gasteiger partial charge is 0.0622 e. The van der Waals surface area contributed by atoms with Crippen LogP contribution in [0.3, 0.4) is 0 Å². The third-order valence-electron chi connectivity index (χ3n) is 2.10. The molecule has 0 bridgehead atoms. The SMILES string of the molecule is C1CN2CCC2CO1.N. The number of fused-ring (bicyclic) bond motifs is 1. The van der Waals surface area contributed by atoms with Crippen molar-refractivity contribution in [3.8, 4) is 0 Å². The van der Waals surface area contributed by atoms with Crippen molar-refractivity contribution in [2.45, 2.75) is 12.5 Å². The van der Waals surface area contributed by atoms with Crippen molar-refractivity contribution >= 4 is 0 Å². The van der Waals surface area contributed by atoms with Gasteiger partial charge in [-0.2, -0.15) is 0 Å². The molecule has 2 heterocycles. The van der Waals surface area contributed by atoms with Crippen molar-refractivity contribution < 1.29 is 4.74 Å². The Hall–Kier alpha value is -0.120. The molecule has 0 aromatic heterocycles.